The number of sulfonamides is 1. The van der Waals surface area contributed by atoms with Gasteiger partial charge < -0.3 is 4.74 Å². The lowest BCUT2D eigenvalue weighted by Gasteiger charge is -2.31. The molecular formula is C23H19NO5S. The number of Topliss-reactive ketones (excluding diaryl/α,β-unsaturated/α-hetero) is 2. The molecule has 0 N–H and O–H groups in total. The smallest absolute Gasteiger partial charge is 0.244 e. The summed E-state index contributed by atoms with van der Waals surface area (Å²) in [6.07, 6.45) is 0. The monoisotopic (exact) mass is 421 g/mol. The molecule has 4 rings (SSSR count). The van der Waals surface area contributed by atoms with Gasteiger partial charge in [0, 0.05) is 18.2 Å². The van der Waals surface area contributed by atoms with Gasteiger partial charge in [-0.15, -0.1) is 0 Å². The molecule has 1 heterocycles. The van der Waals surface area contributed by atoms with Crippen LogP contribution in [0.2, 0.25) is 0 Å². The lowest BCUT2D eigenvalue weighted by Crippen LogP contribution is -2.51. The van der Waals surface area contributed by atoms with Gasteiger partial charge >= 0.3 is 0 Å². The Hall–Kier alpha value is -3.29. The molecule has 1 aliphatic heterocycles. The SMILES string of the molecule is COc1ccc(-c2cccc(C(=O)C3C(=O)c4ccccc4S(=O)(=O)N3C)c2)cc1. The minimum Gasteiger partial charge on any atom is -0.497 e. The second kappa shape index (κ2) is 7.51. The van der Waals surface area contributed by atoms with E-state index in [2.05, 4.69) is 0 Å². The molecule has 0 saturated heterocycles. The number of fused-ring (bicyclic) bond motifs is 1. The molecule has 0 saturated carbocycles. The van der Waals surface area contributed by atoms with Crippen LogP contribution < -0.4 is 4.74 Å². The number of ether oxygens (including phenoxy) is 1. The summed E-state index contributed by atoms with van der Waals surface area (Å²) in [6.45, 7) is 0. The summed E-state index contributed by atoms with van der Waals surface area (Å²) < 4.78 is 31.7. The fourth-order valence-corrected chi connectivity index (χ4v) is 5.06. The third-order valence-corrected chi connectivity index (χ3v) is 7.12. The normalized spacial score (nSPS) is 17.9. The van der Waals surface area contributed by atoms with Crippen molar-refractivity contribution >= 4 is 21.6 Å². The molecule has 0 amide bonds. The summed E-state index contributed by atoms with van der Waals surface area (Å²) in [5, 5.41) is 0. The first-order chi connectivity index (χ1) is 14.3. The Morgan fingerprint density at radius 1 is 0.933 bits per heavy atom. The van der Waals surface area contributed by atoms with Gasteiger partial charge in [0.25, 0.3) is 0 Å². The number of ketones is 2. The summed E-state index contributed by atoms with van der Waals surface area (Å²) in [7, 11) is -1.10. The van der Waals surface area contributed by atoms with Gasteiger partial charge in [-0.25, -0.2) is 8.42 Å². The zero-order chi connectivity index (χ0) is 21.5. The molecular weight excluding hydrogens is 402 g/mol. The van der Waals surface area contributed by atoms with E-state index in [1.165, 1.54) is 19.2 Å². The quantitative estimate of drug-likeness (QED) is 0.476. The van der Waals surface area contributed by atoms with Crippen LogP contribution in [0.3, 0.4) is 0 Å². The third kappa shape index (κ3) is 3.22. The highest BCUT2D eigenvalue weighted by atomic mass is 32.2. The van der Waals surface area contributed by atoms with E-state index in [-0.39, 0.29) is 16.0 Å². The predicted octanol–water partition coefficient (Wildman–Crippen LogP) is 3.43. The zero-order valence-corrected chi connectivity index (χ0v) is 17.2. The summed E-state index contributed by atoms with van der Waals surface area (Å²) in [5.41, 5.74) is 1.95. The minimum absolute atomic E-state index is 0.0419. The fourth-order valence-electron chi connectivity index (χ4n) is 3.58. The standard InChI is InChI=1S/C23H19NO5S/c1-24-21(23(26)19-8-3-4-9-20(19)30(24,27)28)22(25)17-7-5-6-16(14-17)15-10-12-18(29-2)13-11-15/h3-14,21H,1-2H3. The molecule has 0 bridgehead atoms. The number of likely N-dealkylation sites (N-methyl/N-ethyl adjacent to an activating group) is 1. The first-order valence-electron chi connectivity index (χ1n) is 9.24. The average molecular weight is 421 g/mol. The maximum atomic E-state index is 13.3. The van der Waals surface area contributed by atoms with Crippen LogP contribution in [-0.4, -0.2) is 44.5 Å². The second-order valence-electron chi connectivity index (χ2n) is 6.96. The van der Waals surface area contributed by atoms with Crippen LogP contribution >= 0.6 is 0 Å². The Labute approximate surface area is 174 Å². The average Bonchev–Trinajstić information content (AvgIpc) is 2.78. The number of hydrogen-bond acceptors (Lipinski definition) is 5. The van der Waals surface area contributed by atoms with Crippen molar-refractivity contribution in [3.63, 3.8) is 0 Å². The van der Waals surface area contributed by atoms with Crippen molar-refractivity contribution in [1.29, 1.82) is 0 Å². The molecule has 0 radical (unpaired) electrons. The predicted molar refractivity (Wildman–Crippen MR) is 112 cm³/mol. The first kappa shape index (κ1) is 20.0. The van der Waals surface area contributed by atoms with Crippen molar-refractivity contribution in [2.45, 2.75) is 10.9 Å². The van der Waals surface area contributed by atoms with Gasteiger partial charge in [0.2, 0.25) is 10.0 Å². The van der Waals surface area contributed by atoms with Gasteiger partial charge in [-0.2, -0.15) is 4.31 Å². The Morgan fingerprint density at radius 2 is 1.63 bits per heavy atom. The number of rotatable bonds is 4. The van der Waals surface area contributed by atoms with Gasteiger partial charge in [-0.05, 0) is 41.5 Å². The molecule has 7 heteroatoms. The highest BCUT2D eigenvalue weighted by molar-refractivity contribution is 7.89. The molecule has 1 unspecified atom stereocenters. The molecule has 0 spiro atoms. The van der Waals surface area contributed by atoms with Gasteiger partial charge in [-0.3, -0.25) is 9.59 Å². The molecule has 6 nitrogen and oxygen atoms in total. The number of carbonyl (C=O) groups is 2. The van der Waals surface area contributed by atoms with Gasteiger partial charge in [-0.1, -0.05) is 42.5 Å². The summed E-state index contributed by atoms with van der Waals surface area (Å²) in [4.78, 5) is 26.2. The van der Waals surface area contributed by atoms with Crippen molar-refractivity contribution in [1.82, 2.24) is 4.31 Å². The Kier molecular flexibility index (Phi) is 5.01. The lowest BCUT2D eigenvalue weighted by atomic mass is 9.94. The lowest BCUT2D eigenvalue weighted by molar-refractivity contribution is 0.0784. The van der Waals surface area contributed by atoms with Crippen molar-refractivity contribution in [3.8, 4) is 16.9 Å². The largest absolute Gasteiger partial charge is 0.497 e. The van der Waals surface area contributed by atoms with E-state index in [9.17, 15) is 18.0 Å². The minimum atomic E-state index is -3.95. The van der Waals surface area contributed by atoms with Gasteiger partial charge in [0.05, 0.1) is 12.0 Å². The summed E-state index contributed by atoms with van der Waals surface area (Å²) >= 11 is 0. The summed E-state index contributed by atoms with van der Waals surface area (Å²) in [6, 6.07) is 18.7. The van der Waals surface area contributed by atoms with Crippen molar-refractivity contribution in [3.05, 3.63) is 83.9 Å². The van der Waals surface area contributed by atoms with E-state index >= 15 is 0 Å². The number of benzene rings is 3. The molecule has 0 aromatic heterocycles. The van der Waals surface area contributed by atoms with Crippen LogP contribution in [0, 0.1) is 0 Å². The van der Waals surface area contributed by atoms with Crippen LogP contribution in [0.4, 0.5) is 0 Å². The van der Waals surface area contributed by atoms with Crippen LogP contribution in [0.1, 0.15) is 20.7 Å². The fraction of sp³-hybridized carbons (Fsp3) is 0.130. The first-order valence-corrected chi connectivity index (χ1v) is 10.7. The van der Waals surface area contributed by atoms with E-state index in [0.717, 1.165) is 15.4 Å². The molecule has 0 fully saturated rings. The Morgan fingerprint density at radius 3 is 2.33 bits per heavy atom. The molecule has 0 aliphatic carbocycles. The topological polar surface area (TPSA) is 80.8 Å². The van der Waals surface area contributed by atoms with E-state index in [1.54, 1.807) is 37.4 Å². The van der Waals surface area contributed by atoms with Crippen LogP contribution in [-0.2, 0) is 10.0 Å². The van der Waals surface area contributed by atoms with Crippen LogP contribution in [0.5, 0.6) is 5.75 Å². The number of carbonyl (C=O) groups excluding carboxylic acids is 2. The van der Waals surface area contributed by atoms with Gasteiger partial charge in [0.1, 0.15) is 5.75 Å². The molecule has 152 valence electrons. The number of hydrogen-bond donors (Lipinski definition) is 0. The third-order valence-electron chi connectivity index (χ3n) is 5.24. The van der Waals surface area contributed by atoms with Crippen molar-refractivity contribution in [2.24, 2.45) is 0 Å². The summed E-state index contributed by atoms with van der Waals surface area (Å²) in [5.74, 6) is -0.372. The number of methoxy groups -OCH3 is 1. The van der Waals surface area contributed by atoms with Gasteiger partial charge in [0.15, 0.2) is 17.6 Å². The highest BCUT2D eigenvalue weighted by Gasteiger charge is 2.45. The van der Waals surface area contributed by atoms with E-state index in [1.807, 2.05) is 30.3 Å². The maximum Gasteiger partial charge on any atom is 0.244 e. The van der Waals surface area contributed by atoms with E-state index < -0.39 is 27.6 Å². The molecule has 3 aromatic carbocycles. The number of nitrogens with zero attached hydrogens (tertiary/aromatic N) is 1. The molecule has 30 heavy (non-hydrogen) atoms. The molecule has 3 aromatic rings. The Bertz CT molecular complexity index is 1250. The second-order valence-corrected chi connectivity index (χ2v) is 8.92. The maximum absolute atomic E-state index is 13.3. The van der Waals surface area contributed by atoms with Crippen LogP contribution in [0.15, 0.2) is 77.7 Å². The zero-order valence-electron chi connectivity index (χ0n) is 16.4. The van der Waals surface area contributed by atoms with Crippen LogP contribution in [0.25, 0.3) is 11.1 Å². The van der Waals surface area contributed by atoms with E-state index in [0.29, 0.717) is 5.75 Å². The highest BCUT2D eigenvalue weighted by Crippen LogP contribution is 2.31. The molecule has 1 atom stereocenters. The molecule has 1 aliphatic rings. The van der Waals surface area contributed by atoms with Crippen molar-refractivity contribution < 1.29 is 22.7 Å². The van der Waals surface area contributed by atoms with E-state index in [4.69, 9.17) is 4.74 Å². The van der Waals surface area contributed by atoms with Crippen molar-refractivity contribution in [2.75, 3.05) is 14.2 Å². The Balaban J connectivity index is 1.74.